The van der Waals surface area contributed by atoms with Gasteiger partial charge in [0.1, 0.15) is 0 Å². The van der Waals surface area contributed by atoms with Crippen molar-refractivity contribution in [3.05, 3.63) is 53.3 Å². The Balaban J connectivity index is 1.51. The van der Waals surface area contributed by atoms with Crippen molar-refractivity contribution >= 4 is 5.91 Å². The van der Waals surface area contributed by atoms with Crippen molar-refractivity contribution in [2.45, 2.75) is 25.9 Å². The smallest absolute Gasteiger partial charge is 0.251 e. The Kier molecular flexibility index (Phi) is 4.31. The summed E-state index contributed by atoms with van der Waals surface area (Å²) in [7, 11) is 0. The number of carbonyl (C=O) groups is 1. The second-order valence-corrected chi connectivity index (χ2v) is 5.29. The van der Waals surface area contributed by atoms with Gasteiger partial charge >= 0.3 is 0 Å². The van der Waals surface area contributed by atoms with E-state index in [1.54, 1.807) is 6.20 Å². The van der Waals surface area contributed by atoms with Gasteiger partial charge in [-0.3, -0.25) is 9.48 Å². The molecule has 3 rings (SSSR count). The number of rotatable bonds is 5. The molecule has 0 saturated carbocycles. The van der Waals surface area contributed by atoms with Crippen LogP contribution in [0.1, 0.15) is 27.9 Å². The second-order valence-electron chi connectivity index (χ2n) is 5.29. The number of carbonyl (C=O) groups excluding carboxylic acids is 1. The van der Waals surface area contributed by atoms with Gasteiger partial charge in [-0.15, -0.1) is 0 Å². The Morgan fingerprint density at radius 3 is 3.19 bits per heavy atom. The monoisotopic (exact) mass is 284 g/mol. The molecule has 110 valence electrons. The number of amides is 1. The van der Waals surface area contributed by atoms with Gasteiger partial charge in [0.15, 0.2) is 0 Å². The zero-order valence-electron chi connectivity index (χ0n) is 12.0. The van der Waals surface area contributed by atoms with Crippen molar-refractivity contribution in [2.75, 3.05) is 13.1 Å². The second kappa shape index (κ2) is 6.54. The van der Waals surface area contributed by atoms with Crippen molar-refractivity contribution < 1.29 is 4.79 Å². The minimum absolute atomic E-state index is 0.00355. The van der Waals surface area contributed by atoms with Crippen LogP contribution in [0.25, 0.3) is 0 Å². The van der Waals surface area contributed by atoms with Crippen molar-refractivity contribution in [3.8, 4) is 0 Å². The maximum Gasteiger partial charge on any atom is 0.251 e. The van der Waals surface area contributed by atoms with E-state index >= 15 is 0 Å². The molecule has 0 saturated heterocycles. The molecule has 5 nitrogen and oxygen atoms in total. The molecule has 0 bridgehead atoms. The fourth-order valence-electron chi connectivity index (χ4n) is 2.60. The van der Waals surface area contributed by atoms with Crippen LogP contribution < -0.4 is 10.6 Å². The first-order chi connectivity index (χ1) is 10.3. The third-order valence-corrected chi connectivity index (χ3v) is 3.76. The van der Waals surface area contributed by atoms with E-state index in [4.69, 9.17) is 0 Å². The van der Waals surface area contributed by atoms with E-state index in [0.717, 1.165) is 38.0 Å². The van der Waals surface area contributed by atoms with Crippen LogP contribution >= 0.6 is 0 Å². The Morgan fingerprint density at radius 2 is 2.33 bits per heavy atom. The third-order valence-electron chi connectivity index (χ3n) is 3.76. The number of aromatic nitrogens is 2. The molecule has 1 amide bonds. The first-order valence-electron chi connectivity index (χ1n) is 7.41. The lowest BCUT2D eigenvalue weighted by molar-refractivity contribution is 0.0952. The summed E-state index contributed by atoms with van der Waals surface area (Å²) in [6.07, 6.45) is 5.61. The molecular formula is C16H20N4O. The van der Waals surface area contributed by atoms with E-state index < -0.39 is 0 Å². The van der Waals surface area contributed by atoms with Crippen LogP contribution in [0.2, 0.25) is 0 Å². The Morgan fingerprint density at radius 1 is 1.38 bits per heavy atom. The molecule has 0 radical (unpaired) electrons. The molecule has 2 aromatic rings. The van der Waals surface area contributed by atoms with Gasteiger partial charge < -0.3 is 10.6 Å². The Labute approximate surface area is 124 Å². The highest BCUT2D eigenvalue weighted by atomic mass is 16.1. The Hall–Kier alpha value is -2.14. The maximum absolute atomic E-state index is 12.1. The van der Waals surface area contributed by atoms with E-state index in [1.807, 2.05) is 29.1 Å². The molecule has 0 atom stereocenters. The van der Waals surface area contributed by atoms with E-state index in [2.05, 4.69) is 21.8 Å². The number of hydrogen-bond acceptors (Lipinski definition) is 3. The average Bonchev–Trinajstić information content (AvgIpc) is 3.04. The molecule has 2 N–H and O–H groups in total. The van der Waals surface area contributed by atoms with Gasteiger partial charge in [-0.1, -0.05) is 6.07 Å². The summed E-state index contributed by atoms with van der Waals surface area (Å²) in [4.78, 5) is 12.1. The highest BCUT2D eigenvalue weighted by Gasteiger charge is 2.12. The van der Waals surface area contributed by atoms with E-state index in [-0.39, 0.29) is 5.91 Å². The van der Waals surface area contributed by atoms with Crippen molar-refractivity contribution in [1.29, 1.82) is 0 Å². The van der Waals surface area contributed by atoms with Crippen LogP contribution in [-0.2, 0) is 19.5 Å². The molecule has 5 heteroatoms. The van der Waals surface area contributed by atoms with Crippen LogP contribution in [0, 0.1) is 0 Å². The van der Waals surface area contributed by atoms with Crippen LogP contribution in [0.15, 0.2) is 36.7 Å². The molecule has 1 aliphatic rings. The number of nitrogens with zero attached hydrogens (tertiary/aromatic N) is 2. The minimum atomic E-state index is 0.00355. The Bertz CT molecular complexity index is 607. The molecule has 0 spiro atoms. The lowest BCUT2D eigenvalue weighted by Gasteiger charge is -2.17. The normalized spacial score (nSPS) is 13.7. The van der Waals surface area contributed by atoms with Crippen molar-refractivity contribution in [3.63, 3.8) is 0 Å². The molecule has 1 aliphatic heterocycles. The SMILES string of the molecule is O=C(NCCCn1cccn1)c1ccc2c(c1)CNCC2. The van der Waals surface area contributed by atoms with Gasteiger partial charge in [-0.25, -0.2) is 0 Å². The predicted molar refractivity (Wildman–Crippen MR) is 81.0 cm³/mol. The number of aryl methyl sites for hydroxylation is 1. The van der Waals surface area contributed by atoms with Crippen molar-refractivity contribution in [2.24, 2.45) is 0 Å². The number of nitrogens with one attached hydrogen (secondary N) is 2. The summed E-state index contributed by atoms with van der Waals surface area (Å²) in [5.74, 6) is 0.00355. The van der Waals surface area contributed by atoms with Gasteiger partial charge in [0.2, 0.25) is 0 Å². The summed E-state index contributed by atoms with van der Waals surface area (Å²) in [6.45, 7) is 3.36. The molecule has 0 unspecified atom stereocenters. The van der Waals surface area contributed by atoms with Crippen LogP contribution in [-0.4, -0.2) is 28.8 Å². The lowest BCUT2D eigenvalue weighted by atomic mass is 9.98. The lowest BCUT2D eigenvalue weighted by Crippen LogP contribution is -2.27. The van der Waals surface area contributed by atoms with Crippen LogP contribution in [0.5, 0.6) is 0 Å². The first kappa shape index (κ1) is 13.8. The topological polar surface area (TPSA) is 59.0 Å². The van der Waals surface area contributed by atoms with Gasteiger partial charge in [-0.2, -0.15) is 5.10 Å². The van der Waals surface area contributed by atoms with Gasteiger partial charge in [0.25, 0.3) is 5.91 Å². The summed E-state index contributed by atoms with van der Waals surface area (Å²) in [5.41, 5.74) is 3.34. The van der Waals surface area contributed by atoms with E-state index in [9.17, 15) is 4.79 Å². The zero-order valence-corrected chi connectivity index (χ0v) is 12.0. The molecule has 0 fully saturated rings. The quantitative estimate of drug-likeness (QED) is 0.815. The van der Waals surface area contributed by atoms with Gasteiger partial charge in [0.05, 0.1) is 0 Å². The summed E-state index contributed by atoms with van der Waals surface area (Å²) >= 11 is 0. The van der Waals surface area contributed by atoms with Crippen LogP contribution in [0.4, 0.5) is 0 Å². The predicted octanol–water partition coefficient (Wildman–Crippen LogP) is 1.35. The molecule has 1 aromatic heterocycles. The number of benzene rings is 1. The standard InChI is InChI=1S/C16H20N4O/c21-16(18-6-1-9-20-10-2-7-19-20)14-4-3-13-5-8-17-12-15(13)11-14/h2-4,7,10-11,17H,1,5-6,8-9,12H2,(H,18,21). The fourth-order valence-corrected chi connectivity index (χ4v) is 2.60. The molecule has 2 heterocycles. The molecule has 1 aromatic carbocycles. The highest BCUT2D eigenvalue weighted by Crippen LogP contribution is 2.15. The average molecular weight is 284 g/mol. The van der Waals surface area contributed by atoms with E-state index in [1.165, 1.54) is 11.1 Å². The van der Waals surface area contributed by atoms with Crippen LogP contribution in [0.3, 0.4) is 0 Å². The third kappa shape index (κ3) is 3.49. The summed E-state index contributed by atoms with van der Waals surface area (Å²) < 4.78 is 1.87. The number of fused-ring (bicyclic) bond motifs is 1. The summed E-state index contributed by atoms with van der Waals surface area (Å²) in [6, 6.07) is 7.91. The van der Waals surface area contributed by atoms with Crippen molar-refractivity contribution in [1.82, 2.24) is 20.4 Å². The number of hydrogen-bond donors (Lipinski definition) is 2. The fraction of sp³-hybridized carbons (Fsp3) is 0.375. The van der Waals surface area contributed by atoms with Gasteiger partial charge in [-0.05, 0) is 48.7 Å². The van der Waals surface area contributed by atoms with Gasteiger partial charge in [0, 0.05) is 37.6 Å². The summed E-state index contributed by atoms with van der Waals surface area (Å²) in [5, 5.41) is 10.4. The largest absolute Gasteiger partial charge is 0.352 e. The van der Waals surface area contributed by atoms with E-state index in [0.29, 0.717) is 6.54 Å². The molecule has 0 aliphatic carbocycles. The molecule has 21 heavy (non-hydrogen) atoms. The minimum Gasteiger partial charge on any atom is -0.352 e. The maximum atomic E-state index is 12.1. The first-order valence-corrected chi connectivity index (χ1v) is 7.41. The highest BCUT2D eigenvalue weighted by molar-refractivity contribution is 5.94. The molecular weight excluding hydrogens is 264 g/mol. The zero-order chi connectivity index (χ0) is 14.5.